The lowest BCUT2D eigenvalue weighted by Gasteiger charge is -2.12. The molecule has 0 fully saturated rings. The van der Waals surface area contributed by atoms with E-state index >= 15 is 0 Å². The maximum absolute atomic E-state index is 12.0. The lowest BCUT2D eigenvalue weighted by Crippen LogP contribution is -2.42. The third kappa shape index (κ3) is 4.48. The minimum Gasteiger partial charge on any atom is -0.338 e. The number of thioether (sulfide) groups is 1. The summed E-state index contributed by atoms with van der Waals surface area (Å²) >= 11 is 7.36. The summed E-state index contributed by atoms with van der Waals surface area (Å²) in [5.74, 6) is -0.401. The van der Waals surface area contributed by atoms with Crippen molar-refractivity contribution in [3.8, 4) is 5.69 Å². The highest BCUT2D eigenvalue weighted by Gasteiger charge is 2.20. The number of amides is 3. The van der Waals surface area contributed by atoms with Crippen LogP contribution in [0.1, 0.15) is 19.4 Å². The summed E-state index contributed by atoms with van der Waals surface area (Å²) in [7, 11) is 0. The largest absolute Gasteiger partial charge is 0.338 e. The van der Waals surface area contributed by atoms with Crippen LogP contribution in [-0.2, 0) is 4.79 Å². The van der Waals surface area contributed by atoms with Crippen LogP contribution in [-0.4, -0.2) is 38.5 Å². The summed E-state index contributed by atoms with van der Waals surface area (Å²) in [4.78, 5) is 23.4. The van der Waals surface area contributed by atoms with Crippen LogP contribution < -0.4 is 10.6 Å². The maximum Gasteiger partial charge on any atom is 0.321 e. The van der Waals surface area contributed by atoms with E-state index in [4.69, 9.17) is 11.6 Å². The molecular formula is C15H18ClN5O2S. The lowest BCUT2D eigenvalue weighted by molar-refractivity contribution is -0.119. The molecule has 0 bridgehead atoms. The second-order valence-electron chi connectivity index (χ2n) is 5.03. The van der Waals surface area contributed by atoms with Crippen LogP contribution in [0, 0.1) is 6.92 Å². The molecule has 0 radical (unpaired) electrons. The lowest BCUT2D eigenvalue weighted by atomic mass is 10.2. The molecule has 0 aliphatic rings. The van der Waals surface area contributed by atoms with Crippen molar-refractivity contribution in [3.05, 3.63) is 35.1 Å². The molecule has 1 heterocycles. The molecule has 128 valence electrons. The topological polar surface area (TPSA) is 88.9 Å². The van der Waals surface area contributed by atoms with Gasteiger partial charge in [0.15, 0.2) is 5.16 Å². The molecule has 2 N–H and O–H groups in total. The van der Waals surface area contributed by atoms with E-state index in [0.717, 1.165) is 11.3 Å². The summed E-state index contributed by atoms with van der Waals surface area (Å²) in [5, 5.41) is 13.4. The van der Waals surface area contributed by atoms with E-state index in [2.05, 4.69) is 20.8 Å². The van der Waals surface area contributed by atoms with E-state index in [1.165, 1.54) is 11.8 Å². The van der Waals surface area contributed by atoms with E-state index in [9.17, 15) is 9.59 Å². The van der Waals surface area contributed by atoms with Crippen LogP contribution in [0.15, 0.2) is 29.7 Å². The van der Waals surface area contributed by atoms with Crippen LogP contribution in [0.5, 0.6) is 0 Å². The summed E-state index contributed by atoms with van der Waals surface area (Å²) in [6.07, 6.45) is 1.55. The zero-order valence-corrected chi connectivity index (χ0v) is 15.1. The zero-order chi connectivity index (χ0) is 17.7. The third-order valence-corrected chi connectivity index (χ3v) is 4.64. The third-order valence-electron chi connectivity index (χ3n) is 3.18. The zero-order valence-electron chi connectivity index (χ0n) is 13.5. The van der Waals surface area contributed by atoms with Gasteiger partial charge in [0.2, 0.25) is 5.91 Å². The van der Waals surface area contributed by atoms with Crippen molar-refractivity contribution in [2.45, 2.75) is 31.2 Å². The van der Waals surface area contributed by atoms with Gasteiger partial charge in [0, 0.05) is 11.6 Å². The Morgan fingerprint density at radius 1 is 1.42 bits per heavy atom. The van der Waals surface area contributed by atoms with Crippen molar-refractivity contribution in [3.63, 3.8) is 0 Å². The Balaban J connectivity index is 2.11. The van der Waals surface area contributed by atoms with Crippen LogP contribution in [0.4, 0.5) is 4.79 Å². The number of imide groups is 1. The van der Waals surface area contributed by atoms with Crippen molar-refractivity contribution in [2.24, 2.45) is 0 Å². The molecule has 2 aromatic rings. The Morgan fingerprint density at radius 2 is 2.17 bits per heavy atom. The second-order valence-corrected chi connectivity index (χ2v) is 6.74. The SMILES string of the molecule is CCNC(=O)NC(=O)C(C)Sc1nncn1-c1ccc(C)c(Cl)c1. The number of aromatic nitrogens is 3. The smallest absolute Gasteiger partial charge is 0.321 e. The number of nitrogens with zero attached hydrogens (tertiary/aromatic N) is 3. The van der Waals surface area contributed by atoms with E-state index in [1.54, 1.807) is 24.7 Å². The van der Waals surface area contributed by atoms with Gasteiger partial charge >= 0.3 is 6.03 Å². The molecule has 7 nitrogen and oxygen atoms in total. The molecule has 0 aliphatic carbocycles. The highest BCUT2D eigenvalue weighted by Crippen LogP contribution is 2.26. The fourth-order valence-corrected chi connectivity index (χ4v) is 2.86. The molecule has 9 heteroatoms. The van der Waals surface area contributed by atoms with Gasteiger partial charge < -0.3 is 5.32 Å². The number of nitrogens with one attached hydrogen (secondary N) is 2. The predicted molar refractivity (Wildman–Crippen MR) is 93.6 cm³/mol. The number of halogens is 1. The van der Waals surface area contributed by atoms with Gasteiger partial charge in [-0.2, -0.15) is 0 Å². The van der Waals surface area contributed by atoms with Crippen molar-refractivity contribution in [1.29, 1.82) is 0 Å². The molecule has 0 spiro atoms. The Hall–Kier alpha value is -2.06. The average Bonchev–Trinajstić information content (AvgIpc) is 2.98. The Bertz CT molecular complexity index is 749. The maximum atomic E-state index is 12.0. The first-order chi connectivity index (χ1) is 11.4. The van der Waals surface area contributed by atoms with Crippen molar-refractivity contribution in [2.75, 3.05) is 6.54 Å². The van der Waals surface area contributed by atoms with E-state index in [0.29, 0.717) is 16.7 Å². The standard InChI is InChI=1S/C15H18ClN5O2S/c1-4-17-14(23)19-13(22)10(3)24-15-20-18-8-21(15)11-6-5-9(2)12(16)7-11/h5-8,10H,4H2,1-3H3,(H2,17,19,22,23). The molecular weight excluding hydrogens is 350 g/mol. The van der Waals surface area contributed by atoms with Crippen LogP contribution in [0.3, 0.4) is 0 Å². The molecule has 1 aromatic carbocycles. The summed E-state index contributed by atoms with van der Waals surface area (Å²) < 4.78 is 1.74. The van der Waals surface area contributed by atoms with Gasteiger partial charge in [-0.3, -0.25) is 14.7 Å². The number of carbonyl (C=O) groups excluding carboxylic acids is 2. The number of hydrogen-bond donors (Lipinski definition) is 2. The first kappa shape index (κ1) is 18.3. The van der Waals surface area contributed by atoms with Crippen LogP contribution in [0.2, 0.25) is 5.02 Å². The molecule has 2 rings (SSSR count). The second kappa shape index (κ2) is 8.16. The average molecular weight is 368 g/mol. The van der Waals surface area contributed by atoms with Gasteiger partial charge in [-0.05, 0) is 38.5 Å². The van der Waals surface area contributed by atoms with Gasteiger partial charge in [0.25, 0.3) is 0 Å². The minimum absolute atomic E-state index is 0.401. The summed E-state index contributed by atoms with van der Waals surface area (Å²) in [6, 6.07) is 5.09. The van der Waals surface area contributed by atoms with E-state index < -0.39 is 17.2 Å². The highest BCUT2D eigenvalue weighted by molar-refractivity contribution is 8.00. The van der Waals surface area contributed by atoms with Gasteiger partial charge in [0.05, 0.1) is 10.9 Å². The number of hydrogen-bond acceptors (Lipinski definition) is 5. The van der Waals surface area contributed by atoms with Crippen molar-refractivity contribution in [1.82, 2.24) is 25.4 Å². The molecule has 1 aromatic heterocycles. The molecule has 0 saturated carbocycles. The molecule has 3 amide bonds. The fourth-order valence-electron chi connectivity index (χ4n) is 1.84. The van der Waals surface area contributed by atoms with Gasteiger partial charge in [-0.1, -0.05) is 29.4 Å². The first-order valence-corrected chi connectivity index (χ1v) is 8.60. The van der Waals surface area contributed by atoms with Crippen LogP contribution >= 0.6 is 23.4 Å². The van der Waals surface area contributed by atoms with Gasteiger partial charge in [-0.25, -0.2) is 4.79 Å². The number of carbonyl (C=O) groups is 2. The van der Waals surface area contributed by atoms with E-state index in [1.807, 2.05) is 25.1 Å². The van der Waals surface area contributed by atoms with Crippen LogP contribution in [0.25, 0.3) is 5.69 Å². The normalized spacial score (nSPS) is 11.8. The Morgan fingerprint density at radius 3 is 2.83 bits per heavy atom. The quantitative estimate of drug-likeness (QED) is 0.793. The number of benzene rings is 1. The number of aryl methyl sites for hydroxylation is 1. The predicted octanol–water partition coefficient (Wildman–Crippen LogP) is 2.56. The van der Waals surface area contributed by atoms with E-state index in [-0.39, 0.29) is 0 Å². The van der Waals surface area contributed by atoms with Gasteiger partial charge in [0.1, 0.15) is 6.33 Å². The summed E-state index contributed by atoms with van der Waals surface area (Å²) in [5.41, 5.74) is 1.77. The fraction of sp³-hybridized carbons (Fsp3) is 0.333. The van der Waals surface area contributed by atoms with Gasteiger partial charge in [-0.15, -0.1) is 10.2 Å². The molecule has 0 aliphatic heterocycles. The molecule has 24 heavy (non-hydrogen) atoms. The molecule has 1 unspecified atom stereocenters. The first-order valence-electron chi connectivity index (χ1n) is 7.34. The number of rotatable bonds is 5. The highest BCUT2D eigenvalue weighted by atomic mass is 35.5. The molecule has 1 atom stereocenters. The van der Waals surface area contributed by atoms with Crippen molar-refractivity contribution < 1.29 is 9.59 Å². The Kier molecular flexibility index (Phi) is 6.22. The summed E-state index contributed by atoms with van der Waals surface area (Å²) in [6.45, 7) is 5.84. The molecule has 0 saturated heterocycles. The van der Waals surface area contributed by atoms with Crippen molar-refractivity contribution >= 4 is 35.3 Å². The minimum atomic E-state index is -0.517. The number of urea groups is 1. The Labute approximate surface area is 149 Å². The monoisotopic (exact) mass is 367 g/mol.